The van der Waals surface area contributed by atoms with E-state index in [-0.39, 0.29) is 17.4 Å². The van der Waals surface area contributed by atoms with Crippen LogP contribution in [0.5, 0.6) is 0 Å². The summed E-state index contributed by atoms with van der Waals surface area (Å²) >= 11 is 0. The van der Waals surface area contributed by atoms with Gasteiger partial charge >= 0.3 is 0 Å². The van der Waals surface area contributed by atoms with E-state index in [9.17, 15) is 9.59 Å². The molecule has 2 aromatic heterocycles. The smallest absolute Gasteiger partial charge is 0.257 e. The van der Waals surface area contributed by atoms with Crippen LogP contribution in [0.25, 0.3) is 11.8 Å². The molecule has 5 rings (SSSR count). The molecule has 1 aliphatic carbocycles. The van der Waals surface area contributed by atoms with Gasteiger partial charge in [-0.25, -0.2) is 0 Å². The van der Waals surface area contributed by atoms with E-state index in [0.717, 1.165) is 60.7 Å². The number of nitrogens with one attached hydrogen (secondary N) is 1. The van der Waals surface area contributed by atoms with Gasteiger partial charge in [-0.15, -0.1) is 0 Å². The molecule has 1 fully saturated rings. The molecular weight excluding hydrogens is 486 g/mol. The standard InChI is InChI=1S/C32H39N5O2/c1-20-15-24(32(39)35(5)6)16-21(2)30(20)23-8-12-36(13-9-23)19-25-17-27-28(7-11-34-31(27)22(25)3)37-14-10-26(33-4)18-29(37)38/h7,10-11,14-18,22-23,33H,8-9,12-13,19H2,1-6H3. The maximum atomic E-state index is 12.8. The number of piperidine rings is 1. The van der Waals surface area contributed by atoms with E-state index in [1.54, 1.807) is 29.6 Å². The van der Waals surface area contributed by atoms with E-state index in [4.69, 9.17) is 4.98 Å². The summed E-state index contributed by atoms with van der Waals surface area (Å²) in [5.41, 5.74) is 9.69. The fraction of sp³-hybridized carbons (Fsp3) is 0.406. The summed E-state index contributed by atoms with van der Waals surface area (Å²) in [5, 5.41) is 3.03. The lowest BCUT2D eigenvalue weighted by atomic mass is 9.83. The number of hydrogen-bond donors (Lipinski definition) is 1. The number of aryl methyl sites for hydroxylation is 2. The predicted molar refractivity (Wildman–Crippen MR) is 158 cm³/mol. The van der Waals surface area contributed by atoms with E-state index in [1.807, 2.05) is 31.6 Å². The van der Waals surface area contributed by atoms with Crippen LogP contribution in [0.3, 0.4) is 0 Å². The molecule has 39 heavy (non-hydrogen) atoms. The largest absolute Gasteiger partial charge is 0.388 e. The Morgan fingerprint density at radius 2 is 1.79 bits per heavy atom. The lowest BCUT2D eigenvalue weighted by Crippen LogP contribution is -2.35. The van der Waals surface area contributed by atoms with Gasteiger partial charge in [0.1, 0.15) is 0 Å². The molecule has 1 unspecified atom stereocenters. The van der Waals surface area contributed by atoms with Gasteiger partial charge in [-0.1, -0.05) is 6.92 Å². The number of pyridine rings is 2. The Bertz CT molecular complexity index is 1470. The Kier molecular flexibility index (Phi) is 7.45. The first kappa shape index (κ1) is 26.9. The van der Waals surface area contributed by atoms with Crippen molar-refractivity contribution in [2.24, 2.45) is 0 Å². The maximum Gasteiger partial charge on any atom is 0.257 e. The minimum atomic E-state index is -0.0588. The Hall–Kier alpha value is -3.71. The van der Waals surface area contributed by atoms with Crippen LogP contribution in [0.15, 0.2) is 53.1 Å². The maximum absolute atomic E-state index is 12.8. The number of hydrogen-bond acceptors (Lipinski definition) is 5. The molecule has 1 amide bonds. The summed E-state index contributed by atoms with van der Waals surface area (Å²) < 4.78 is 1.71. The lowest BCUT2D eigenvalue weighted by Gasteiger charge is -2.34. The summed E-state index contributed by atoms with van der Waals surface area (Å²) in [4.78, 5) is 34.2. The van der Waals surface area contributed by atoms with E-state index in [1.165, 1.54) is 22.3 Å². The first-order valence-electron chi connectivity index (χ1n) is 13.8. The van der Waals surface area contributed by atoms with Gasteiger partial charge in [0.15, 0.2) is 0 Å². The molecule has 0 saturated carbocycles. The lowest BCUT2D eigenvalue weighted by molar-refractivity contribution is 0.0827. The first-order chi connectivity index (χ1) is 18.7. The average molecular weight is 526 g/mol. The van der Waals surface area contributed by atoms with E-state index < -0.39 is 0 Å². The molecule has 0 radical (unpaired) electrons. The molecule has 204 valence electrons. The zero-order valence-electron chi connectivity index (χ0n) is 23.9. The summed E-state index contributed by atoms with van der Waals surface area (Å²) in [6.45, 7) is 9.49. The SMILES string of the molecule is CNc1ccn(-c2ccnc3c2C=C(CN2CCC(c4c(C)cc(C(=O)N(C)C)cc4C)CC2)C3C)c(=O)c1. The fourth-order valence-corrected chi connectivity index (χ4v) is 6.32. The number of rotatable bonds is 6. The minimum Gasteiger partial charge on any atom is -0.388 e. The second-order valence-corrected chi connectivity index (χ2v) is 11.2. The van der Waals surface area contributed by atoms with Crippen molar-refractivity contribution >= 4 is 17.7 Å². The second-order valence-electron chi connectivity index (χ2n) is 11.2. The Labute approximate surface area is 231 Å². The van der Waals surface area contributed by atoms with Gasteiger partial charge in [-0.05, 0) is 98.3 Å². The molecule has 1 atom stereocenters. The molecular formula is C32H39N5O2. The molecule has 3 heterocycles. The zero-order chi connectivity index (χ0) is 27.8. The summed E-state index contributed by atoms with van der Waals surface area (Å²) in [7, 11) is 5.41. The molecule has 7 heteroatoms. The van der Waals surface area contributed by atoms with Crippen LogP contribution in [0.4, 0.5) is 5.69 Å². The van der Waals surface area contributed by atoms with Gasteiger partial charge in [0.2, 0.25) is 0 Å². The predicted octanol–water partition coefficient (Wildman–Crippen LogP) is 4.97. The molecule has 0 bridgehead atoms. The number of aromatic nitrogens is 2. The number of carbonyl (C=O) groups excluding carboxylic acids is 1. The Morgan fingerprint density at radius 1 is 1.10 bits per heavy atom. The molecule has 1 saturated heterocycles. The number of nitrogens with zero attached hydrogens (tertiary/aromatic N) is 4. The third-order valence-electron chi connectivity index (χ3n) is 8.41. The van der Waals surface area contributed by atoms with Crippen LogP contribution >= 0.6 is 0 Å². The van der Waals surface area contributed by atoms with Gasteiger partial charge in [0.25, 0.3) is 11.5 Å². The van der Waals surface area contributed by atoms with Gasteiger partial charge in [-0.3, -0.25) is 24.0 Å². The molecule has 2 aliphatic rings. The highest BCUT2D eigenvalue weighted by Crippen LogP contribution is 2.39. The number of fused-ring (bicyclic) bond motifs is 1. The molecule has 3 aromatic rings. The van der Waals surface area contributed by atoms with Crippen molar-refractivity contribution in [1.29, 1.82) is 0 Å². The van der Waals surface area contributed by atoms with Crippen LogP contribution in [0, 0.1) is 13.8 Å². The highest BCUT2D eigenvalue weighted by molar-refractivity contribution is 5.94. The van der Waals surface area contributed by atoms with Crippen LogP contribution in [0.2, 0.25) is 0 Å². The van der Waals surface area contributed by atoms with Crippen molar-refractivity contribution in [2.75, 3.05) is 46.1 Å². The van der Waals surface area contributed by atoms with E-state index >= 15 is 0 Å². The normalized spacial score (nSPS) is 17.6. The molecule has 1 aliphatic heterocycles. The number of anilines is 1. The quantitative estimate of drug-likeness (QED) is 0.492. The third kappa shape index (κ3) is 5.15. The Morgan fingerprint density at radius 3 is 2.41 bits per heavy atom. The summed E-state index contributed by atoms with van der Waals surface area (Å²) in [6.07, 6.45) is 8.11. The molecule has 7 nitrogen and oxygen atoms in total. The van der Waals surface area contributed by atoms with Gasteiger partial charge in [-0.2, -0.15) is 0 Å². The topological polar surface area (TPSA) is 70.5 Å². The molecule has 0 spiro atoms. The van der Waals surface area contributed by atoms with Crippen LogP contribution in [-0.4, -0.2) is 66.0 Å². The van der Waals surface area contributed by atoms with Crippen molar-refractivity contribution in [1.82, 2.24) is 19.4 Å². The van der Waals surface area contributed by atoms with Crippen molar-refractivity contribution in [3.63, 3.8) is 0 Å². The van der Waals surface area contributed by atoms with Crippen molar-refractivity contribution in [3.8, 4) is 5.69 Å². The molecule has 1 aromatic carbocycles. The van der Waals surface area contributed by atoms with Crippen LogP contribution < -0.4 is 10.9 Å². The van der Waals surface area contributed by atoms with Crippen molar-refractivity contribution < 1.29 is 4.79 Å². The number of amides is 1. The monoisotopic (exact) mass is 525 g/mol. The molecule has 1 N–H and O–H groups in total. The Balaban J connectivity index is 1.30. The summed E-state index contributed by atoms with van der Waals surface area (Å²) in [5.74, 6) is 0.786. The van der Waals surface area contributed by atoms with E-state index in [2.05, 4.69) is 49.2 Å². The van der Waals surface area contributed by atoms with Crippen molar-refractivity contribution in [3.05, 3.63) is 92.2 Å². The van der Waals surface area contributed by atoms with E-state index in [0.29, 0.717) is 5.92 Å². The zero-order valence-corrected chi connectivity index (χ0v) is 23.9. The number of carbonyl (C=O) groups is 1. The fourth-order valence-electron chi connectivity index (χ4n) is 6.32. The van der Waals surface area contributed by atoms with Crippen LogP contribution in [0.1, 0.15) is 69.9 Å². The second kappa shape index (κ2) is 10.8. The van der Waals surface area contributed by atoms with Crippen LogP contribution in [-0.2, 0) is 0 Å². The number of likely N-dealkylation sites (tertiary alicyclic amines) is 1. The third-order valence-corrected chi connectivity index (χ3v) is 8.41. The van der Waals surface area contributed by atoms with Crippen molar-refractivity contribution in [2.45, 2.75) is 45.4 Å². The summed E-state index contributed by atoms with van der Waals surface area (Å²) in [6, 6.07) is 9.58. The van der Waals surface area contributed by atoms with Gasteiger partial charge < -0.3 is 10.2 Å². The number of benzene rings is 1. The van der Waals surface area contributed by atoms with Gasteiger partial charge in [0, 0.05) is 68.9 Å². The van der Waals surface area contributed by atoms with Gasteiger partial charge in [0.05, 0.1) is 11.4 Å². The highest BCUT2D eigenvalue weighted by atomic mass is 16.2. The average Bonchev–Trinajstić information content (AvgIpc) is 3.23. The first-order valence-corrected chi connectivity index (χ1v) is 13.8. The minimum absolute atomic E-state index is 0.0556. The highest BCUT2D eigenvalue weighted by Gasteiger charge is 2.29.